The van der Waals surface area contributed by atoms with E-state index in [9.17, 15) is 4.79 Å². The van der Waals surface area contributed by atoms with Crippen molar-refractivity contribution < 1.29 is 14.6 Å². The second-order valence-electron chi connectivity index (χ2n) is 4.49. The molecule has 0 fully saturated rings. The zero-order valence-corrected chi connectivity index (χ0v) is 11.7. The smallest absolute Gasteiger partial charge is 0.339 e. The van der Waals surface area contributed by atoms with Crippen molar-refractivity contribution in [1.29, 1.82) is 0 Å². The van der Waals surface area contributed by atoms with Gasteiger partial charge in [-0.25, -0.2) is 4.79 Å². The summed E-state index contributed by atoms with van der Waals surface area (Å²) < 4.78 is 6.77. The predicted molar refractivity (Wildman–Crippen MR) is 75.3 cm³/mol. The second-order valence-corrected chi connectivity index (χ2v) is 4.49. The van der Waals surface area contributed by atoms with Crippen LogP contribution in [0.4, 0.5) is 5.69 Å². The highest BCUT2D eigenvalue weighted by Crippen LogP contribution is 2.22. The molecule has 106 valence electrons. The van der Waals surface area contributed by atoms with Gasteiger partial charge in [-0.1, -0.05) is 6.07 Å². The van der Waals surface area contributed by atoms with E-state index in [1.807, 2.05) is 36.2 Å². The number of hydrogen-bond donors (Lipinski definition) is 1. The van der Waals surface area contributed by atoms with Gasteiger partial charge in [0.15, 0.2) is 0 Å². The largest absolute Gasteiger partial charge is 0.497 e. The van der Waals surface area contributed by atoms with Gasteiger partial charge in [0.1, 0.15) is 11.3 Å². The first kappa shape index (κ1) is 13.9. The van der Waals surface area contributed by atoms with Gasteiger partial charge in [0.2, 0.25) is 0 Å². The van der Waals surface area contributed by atoms with Crippen LogP contribution in [0.3, 0.4) is 0 Å². The lowest BCUT2D eigenvalue weighted by molar-refractivity contribution is 0.0695. The molecule has 1 aromatic heterocycles. The summed E-state index contributed by atoms with van der Waals surface area (Å²) >= 11 is 0. The zero-order valence-electron chi connectivity index (χ0n) is 11.7. The Hall–Kier alpha value is -2.50. The second kappa shape index (κ2) is 5.64. The Balaban J connectivity index is 2.25. The Kier molecular flexibility index (Phi) is 3.93. The van der Waals surface area contributed by atoms with Crippen LogP contribution in [-0.2, 0) is 13.6 Å². The summed E-state index contributed by atoms with van der Waals surface area (Å²) in [6.45, 7) is 0.450. The molecule has 6 heteroatoms. The lowest BCUT2D eigenvalue weighted by atomic mass is 10.2. The number of benzene rings is 1. The molecule has 0 aliphatic heterocycles. The molecule has 0 spiro atoms. The van der Waals surface area contributed by atoms with Crippen molar-refractivity contribution in [3.8, 4) is 5.75 Å². The fourth-order valence-electron chi connectivity index (χ4n) is 1.99. The van der Waals surface area contributed by atoms with Crippen molar-refractivity contribution in [2.45, 2.75) is 6.54 Å². The van der Waals surface area contributed by atoms with Crippen LogP contribution < -0.4 is 9.64 Å². The van der Waals surface area contributed by atoms with Crippen molar-refractivity contribution in [2.24, 2.45) is 7.05 Å². The molecular formula is C14H17N3O3. The zero-order chi connectivity index (χ0) is 14.7. The molecule has 2 rings (SSSR count). The van der Waals surface area contributed by atoms with Gasteiger partial charge in [-0.05, 0) is 12.1 Å². The number of rotatable bonds is 5. The third-order valence-electron chi connectivity index (χ3n) is 3.17. The van der Waals surface area contributed by atoms with Gasteiger partial charge in [0.25, 0.3) is 0 Å². The Morgan fingerprint density at radius 1 is 1.50 bits per heavy atom. The number of aromatic nitrogens is 2. The van der Waals surface area contributed by atoms with E-state index in [2.05, 4.69) is 5.10 Å². The molecule has 6 nitrogen and oxygen atoms in total. The van der Waals surface area contributed by atoms with Crippen LogP contribution >= 0.6 is 0 Å². The number of hydrogen-bond acceptors (Lipinski definition) is 4. The van der Waals surface area contributed by atoms with E-state index in [0.717, 1.165) is 11.4 Å². The first-order valence-electron chi connectivity index (χ1n) is 6.12. The van der Waals surface area contributed by atoms with Gasteiger partial charge in [-0.3, -0.25) is 4.68 Å². The summed E-state index contributed by atoms with van der Waals surface area (Å²) in [5, 5.41) is 13.2. The van der Waals surface area contributed by atoms with Crippen molar-refractivity contribution in [1.82, 2.24) is 9.78 Å². The highest BCUT2D eigenvalue weighted by atomic mass is 16.5. The molecule has 0 unspecified atom stereocenters. The Morgan fingerprint density at radius 2 is 2.25 bits per heavy atom. The lowest BCUT2D eigenvalue weighted by Crippen LogP contribution is -2.20. The van der Waals surface area contributed by atoms with Crippen LogP contribution in [0.2, 0.25) is 0 Å². The number of carbonyl (C=O) groups is 1. The van der Waals surface area contributed by atoms with Crippen molar-refractivity contribution in [3.05, 3.63) is 41.7 Å². The minimum atomic E-state index is -0.966. The molecule has 1 N–H and O–H groups in total. The van der Waals surface area contributed by atoms with E-state index in [1.165, 1.54) is 6.20 Å². The highest BCUT2D eigenvalue weighted by molar-refractivity contribution is 5.88. The first-order valence-corrected chi connectivity index (χ1v) is 6.12. The monoisotopic (exact) mass is 275 g/mol. The topological polar surface area (TPSA) is 67.6 Å². The molecule has 0 saturated carbocycles. The van der Waals surface area contributed by atoms with Crippen LogP contribution in [0.15, 0.2) is 30.5 Å². The molecule has 20 heavy (non-hydrogen) atoms. The van der Waals surface area contributed by atoms with Crippen molar-refractivity contribution in [2.75, 3.05) is 19.1 Å². The number of aryl methyl sites for hydroxylation is 1. The lowest BCUT2D eigenvalue weighted by Gasteiger charge is -2.20. The van der Waals surface area contributed by atoms with Crippen molar-refractivity contribution >= 4 is 11.7 Å². The van der Waals surface area contributed by atoms with Gasteiger partial charge in [0.05, 0.1) is 25.5 Å². The molecule has 0 aliphatic rings. The van der Waals surface area contributed by atoms with Crippen LogP contribution in [0, 0.1) is 0 Å². The summed E-state index contributed by atoms with van der Waals surface area (Å²) in [6, 6.07) is 7.60. The van der Waals surface area contributed by atoms with Gasteiger partial charge in [-0.15, -0.1) is 0 Å². The SMILES string of the molecule is COc1cccc(N(C)Cc2c(C(=O)O)cnn2C)c1. The number of ether oxygens (including phenoxy) is 1. The minimum absolute atomic E-state index is 0.224. The van der Waals surface area contributed by atoms with Crippen LogP contribution in [-0.4, -0.2) is 35.0 Å². The highest BCUT2D eigenvalue weighted by Gasteiger charge is 2.16. The summed E-state index contributed by atoms with van der Waals surface area (Å²) in [7, 11) is 5.25. The van der Waals surface area contributed by atoms with Crippen molar-refractivity contribution in [3.63, 3.8) is 0 Å². The fourth-order valence-corrected chi connectivity index (χ4v) is 1.99. The quantitative estimate of drug-likeness (QED) is 0.900. The summed E-state index contributed by atoms with van der Waals surface area (Å²) in [5.74, 6) is -0.204. The van der Waals surface area contributed by atoms with Crippen LogP contribution in [0.5, 0.6) is 5.75 Å². The third kappa shape index (κ3) is 2.74. The molecule has 0 saturated heterocycles. The molecular weight excluding hydrogens is 258 g/mol. The van der Waals surface area contributed by atoms with E-state index in [1.54, 1.807) is 18.8 Å². The van der Waals surface area contributed by atoms with Gasteiger partial charge in [0, 0.05) is 25.8 Å². The normalized spacial score (nSPS) is 10.3. The van der Waals surface area contributed by atoms with Gasteiger partial charge >= 0.3 is 5.97 Å². The molecule has 0 amide bonds. The minimum Gasteiger partial charge on any atom is -0.497 e. The summed E-state index contributed by atoms with van der Waals surface area (Å²) in [4.78, 5) is 13.1. The third-order valence-corrected chi connectivity index (χ3v) is 3.17. The van der Waals surface area contributed by atoms with Gasteiger partial charge in [-0.2, -0.15) is 5.10 Å². The average Bonchev–Trinajstić information content (AvgIpc) is 2.80. The van der Waals surface area contributed by atoms with Crippen LogP contribution in [0.25, 0.3) is 0 Å². The maximum absolute atomic E-state index is 11.2. The van der Waals surface area contributed by atoms with E-state index < -0.39 is 5.97 Å². The average molecular weight is 275 g/mol. The number of aromatic carboxylic acids is 1. The maximum Gasteiger partial charge on any atom is 0.339 e. The Morgan fingerprint density at radius 3 is 2.90 bits per heavy atom. The van der Waals surface area contributed by atoms with Crippen LogP contribution in [0.1, 0.15) is 16.1 Å². The van der Waals surface area contributed by atoms with E-state index in [-0.39, 0.29) is 5.56 Å². The standard InChI is InChI=1S/C14H17N3O3/c1-16(10-5-4-6-11(7-10)20-3)9-13-12(14(18)19)8-15-17(13)2/h4-8H,9H2,1-3H3,(H,18,19). The molecule has 0 radical (unpaired) electrons. The molecule has 1 aromatic carbocycles. The number of carboxylic acids is 1. The first-order chi connectivity index (χ1) is 9.52. The number of nitrogens with zero attached hydrogens (tertiary/aromatic N) is 3. The predicted octanol–water partition coefficient (Wildman–Crippen LogP) is 1.76. The number of anilines is 1. The molecule has 0 atom stereocenters. The molecule has 0 aliphatic carbocycles. The van der Waals surface area contributed by atoms with Gasteiger partial charge < -0.3 is 14.7 Å². The number of carboxylic acid groups (broad SMARTS) is 1. The Bertz CT molecular complexity index is 622. The molecule has 1 heterocycles. The molecule has 0 bridgehead atoms. The van der Waals surface area contributed by atoms with E-state index in [0.29, 0.717) is 12.2 Å². The Labute approximate surface area is 117 Å². The molecule has 2 aromatic rings. The summed E-state index contributed by atoms with van der Waals surface area (Å²) in [6.07, 6.45) is 1.37. The summed E-state index contributed by atoms with van der Waals surface area (Å²) in [5.41, 5.74) is 1.83. The van der Waals surface area contributed by atoms with E-state index in [4.69, 9.17) is 9.84 Å². The number of methoxy groups -OCH3 is 1. The maximum atomic E-state index is 11.2. The fraction of sp³-hybridized carbons (Fsp3) is 0.286. The van der Waals surface area contributed by atoms with E-state index >= 15 is 0 Å².